The standard InChI is InChI=1S/C19H20O6/c1-21-14-5-3-13(4-6-14)10-23-15-7-8-17(19(20)22-2)18(9-15)25-12-16-11-24-16/h3-9,16H,10-12H2,1-2H3/t16-/m0/s1. The maximum atomic E-state index is 11.9. The molecule has 2 aromatic carbocycles. The van der Waals surface area contributed by atoms with Crippen LogP contribution >= 0.6 is 0 Å². The molecule has 0 spiro atoms. The maximum absolute atomic E-state index is 11.9. The Labute approximate surface area is 146 Å². The highest BCUT2D eigenvalue weighted by molar-refractivity contribution is 5.92. The molecule has 0 saturated carbocycles. The average Bonchev–Trinajstić information content (AvgIpc) is 3.49. The van der Waals surface area contributed by atoms with Crippen LogP contribution in [-0.2, 0) is 16.1 Å². The van der Waals surface area contributed by atoms with E-state index in [2.05, 4.69) is 0 Å². The van der Waals surface area contributed by atoms with E-state index in [0.29, 0.717) is 36.9 Å². The molecule has 0 aliphatic carbocycles. The van der Waals surface area contributed by atoms with Gasteiger partial charge in [0.15, 0.2) is 0 Å². The van der Waals surface area contributed by atoms with E-state index in [0.717, 1.165) is 11.3 Å². The van der Waals surface area contributed by atoms with Crippen LogP contribution in [0.5, 0.6) is 17.2 Å². The Morgan fingerprint density at radius 1 is 1.08 bits per heavy atom. The van der Waals surface area contributed by atoms with Gasteiger partial charge in [0.1, 0.15) is 42.1 Å². The highest BCUT2D eigenvalue weighted by atomic mass is 16.6. The molecule has 6 heteroatoms. The Morgan fingerprint density at radius 2 is 1.80 bits per heavy atom. The molecule has 1 saturated heterocycles. The fourth-order valence-corrected chi connectivity index (χ4v) is 2.23. The molecule has 1 fully saturated rings. The number of hydrogen-bond acceptors (Lipinski definition) is 6. The van der Waals surface area contributed by atoms with Crippen molar-refractivity contribution in [2.45, 2.75) is 12.7 Å². The molecular formula is C19H20O6. The van der Waals surface area contributed by atoms with Crippen molar-refractivity contribution in [1.29, 1.82) is 0 Å². The number of carbonyl (C=O) groups excluding carboxylic acids is 1. The lowest BCUT2D eigenvalue weighted by Crippen LogP contribution is -2.10. The second-order valence-corrected chi connectivity index (χ2v) is 5.55. The van der Waals surface area contributed by atoms with Gasteiger partial charge in [0.25, 0.3) is 0 Å². The third-order valence-corrected chi connectivity index (χ3v) is 3.75. The first kappa shape index (κ1) is 17.1. The smallest absolute Gasteiger partial charge is 0.341 e. The van der Waals surface area contributed by atoms with Crippen molar-refractivity contribution < 1.29 is 28.5 Å². The molecule has 0 unspecified atom stereocenters. The molecule has 2 aromatic rings. The summed E-state index contributed by atoms with van der Waals surface area (Å²) in [7, 11) is 2.97. The van der Waals surface area contributed by atoms with Gasteiger partial charge in [0.2, 0.25) is 0 Å². The molecule has 132 valence electrons. The summed E-state index contributed by atoms with van der Waals surface area (Å²) in [5, 5.41) is 0. The zero-order chi connectivity index (χ0) is 17.6. The van der Waals surface area contributed by atoms with Gasteiger partial charge >= 0.3 is 5.97 Å². The lowest BCUT2D eigenvalue weighted by Gasteiger charge is -2.12. The van der Waals surface area contributed by atoms with E-state index < -0.39 is 5.97 Å². The third kappa shape index (κ3) is 4.64. The maximum Gasteiger partial charge on any atom is 0.341 e. The zero-order valence-corrected chi connectivity index (χ0v) is 14.2. The van der Waals surface area contributed by atoms with Crippen LogP contribution in [0, 0.1) is 0 Å². The first-order chi connectivity index (χ1) is 12.2. The second-order valence-electron chi connectivity index (χ2n) is 5.55. The van der Waals surface area contributed by atoms with Gasteiger partial charge in [-0.05, 0) is 29.8 Å². The summed E-state index contributed by atoms with van der Waals surface area (Å²) in [6.07, 6.45) is 0.0920. The van der Waals surface area contributed by atoms with Crippen molar-refractivity contribution in [1.82, 2.24) is 0 Å². The zero-order valence-electron chi connectivity index (χ0n) is 14.2. The van der Waals surface area contributed by atoms with Crippen molar-refractivity contribution >= 4 is 5.97 Å². The quantitative estimate of drug-likeness (QED) is 0.542. The molecule has 0 N–H and O–H groups in total. The molecule has 0 bridgehead atoms. The summed E-state index contributed by atoms with van der Waals surface area (Å²) < 4.78 is 26.5. The van der Waals surface area contributed by atoms with Gasteiger partial charge < -0.3 is 23.7 Å². The van der Waals surface area contributed by atoms with Crippen LogP contribution < -0.4 is 14.2 Å². The number of ether oxygens (including phenoxy) is 5. The van der Waals surface area contributed by atoms with Crippen LogP contribution in [0.2, 0.25) is 0 Å². The largest absolute Gasteiger partial charge is 0.497 e. The first-order valence-corrected chi connectivity index (χ1v) is 7.92. The summed E-state index contributed by atoms with van der Waals surface area (Å²) >= 11 is 0. The van der Waals surface area contributed by atoms with Crippen molar-refractivity contribution in [3.63, 3.8) is 0 Å². The first-order valence-electron chi connectivity index (χ1n) is 7.92. The Bertz CT molecular complexity index is 721. The molecular weight excluding hydrogens is 324 g/mol. The minimum Gasteiger partial charge on any atom is -0.497 e. The molecule has 1 aliphatic heterocycles. The van der Waals surface area contributed by atoms with Crippen LogP contribution in [0.3, 0.4) is 0 Å². The minimum atomic E-state index is -0.451. The van der Waals surface area contributed by atoms with Gasteiger partial charge in [0.05, 0.1) is 20.8 Å². The fraction of sp³-hybridized carbons (Fsp3) is 0.316. The summed E-state index contributed by atoms with van der Waals surface area (Å²) in [5.74, 6) is 1.38. The van der Waals surface area contributed by atoms with Crippen molar-refractivity contribution in [3.05, 3.63) is 53.6 Å². The number of rotatable bonds is 8. The van der Waals surface area contributed by atoms with E-state index in [1.54, 1.807) is 25.3 Å². The fourth-order valence-electron chi connectivity index (χ4n) is 2.23. The van der Waals surface area contributed by atoms with Crippen LogP contribution in [0.15, 0.2) is 42.5 Å². The Hall–Kier alpha value is -2.73. The van der Waals surface area contributed by atoms with E-state index >= 15 is 0 Å². The minimum absolute atomic E-state index is 0.0920. The second kappa shape index (κ2) is 7.90. The summed E-state index contributed by atoms with van der Waals surface area (Å²) in [5.41, 5.74) is 1.37. The number of benzene rings is 2. The lowest BCUT2D eigenvalue weighted by molar-refractivity contribution is 0.0595. The highest BCUT2D eigenvalue weighted by Gasteiger charge is 2.24. The Kier molecular flexibility index (Phi) is 5.40. The SMILES string of the molecule is COC(=O)c1ccc(OCc2ccc(OC)cc2)cc1OC[C@@H]1CO1. The molecule has 1 heterocycles. The topological polar surface area (TPSA) is 66.5 Å². The van der Waals surface area contributed by atoms with Gasteiger partial charge in [-0.25, -0.2) is 4.79 Å². The monoisotopic (exact) mass is 344 g/mol. The van der Waals surface area contributed by atoms with Gasteiger partial charge in [0, 0.05) is 6.07 Å². The molecule has 1 atom stereocenters. The molecule has 0 amide bonds. The van der Waals surface area contributed by atoms with Crippen LogP contribution in [0.25, 0.3) is 0 Å². The van der Waals surface area contributed by atoms with E-state index in [1.165, 1.54) is 7.11 Å². The van der Waals surface area contributed by atoms with Crippen molar-refractivity contribution in [2.75, 3.05) is 27.4 Å². The predicted molar refractivity (Wildman–Crippen MR) is 90.3 cm³/mol. The summed E-state index contributed by atoms with van der Waals surface area (Å²) in [4.78, 5) is 11.9. The molecule has 6 nitrogen and oxygen atoms in total. The summed E-state index contributed by atoms with van der Waals surface area (Å²) in [6, 6.07) is 12.7. The number of carbonyl (C=O) groups is 1. The Morgan fingerprint density at radius 3 is 2.44 bits per heavy atom. The van der Waals surface area contributed by atoms with Gasteiger partial charge in [-0.3, -0.25) is 0 Å². The van der Waals surface area contributed by atoms with Gasteiger partial charge in [-0.15, -0.1) is 0 Å². The van der Waals surface area contributed by atoms with E-state index in [4.69, 9.17) is 23.7 Å². The van der Waals surface area contributed by atoms with E-state index in [9.17, 15) is 4.79 Å². The highest BCUT2D eigenvalue weighted by Crippen LogP contribution is 2.27. The predicted octanol–water partition coefficient (Wildman–Crippen LogP) is 2.84. The van der Waals surface area contributed by atoms with Gasteiger partial charge in [-0.1, -0.05) is 12.1 Å². The number of esters is 1. The molecule has 25 heavy (non-hydrogen) atoms. The molecule has 0 radical (unpaired) electrons. The molecule has 0 aromatic heterocycles. The Balaban J connectivity index is 1.69. The normalized spacial score (nSPS) is 15.4. The van der Waals surface area contributed by atoms with E-state index in [-0.39, 0.29) is 6.10 Å². The van der Waals surface area contributed by atoms with E-state index in [1.807, 2.05) is 24.3 Å². The van der Waals surface area contributed by atoms with Crippen LogP contribution in [0.1, 0.15) is 15.9 Å². The average molecular weight is 344 g/mol. The number of epoxide rings is 1. The van der Waals surface area contributed by atoms with Crippen LogP contribution in [0.4, 0.5) is 0 Å². The molecule has 1 aliphatic rings. The molecule has 3 rings (SSSR count). The van der Waals surface area contributed by atoms with Gasteiger partial charge in [-0.2, -0.15) is 0 Å². The van der Waals surface area contributed by atoms with Crippen molar-refractivity contribution in [2.24, 2.45) is 0 Å². The lowest BCUT2D eigenvalue weighted by atomic mass is 10.2. The van der Waals surface area contributed by atoms with Crippen LogP contribution in [-0.4, -0.2) is 39.5 Å². The number of hydrogen-bond donors (Lipinski definition) is 0. The third-order valence-electron chi connectivity index (χ3n) is 3.75. The van der Waals surface area contributed by atoms with Crippen molar-refractivity contribution in [3.8, 4) is 17.2 Å². The summed E-state index contributed by atoms with van der Waals surface area (Å²) in [6.45, 7) is 1.47. The number of methoxy groups -OCH3 is 2.